The zero-order valence-electron chi connectivity index (χ0n) is 18.3. The number of amides is 1. The number of carbonyl (C=O) groups excluding carboxylic acids is 2. The van der Waals surface area contributed by atoms with Gasteiger partial charge in [0.15, 0.2) is 0 Å². The summed E-state index contributed by atoms with van der Waals surface area (Å²) in [6.45, 7) is 1.70. The number of aromatic hydroxyl groups is 1. The van der Waals surface area contributed by atoms with Gasteiger partial charge in [-0.1, -0.05) is 48.5 Å². The molecule has 0 spiro atoms. The van der Waals surface area contributed by atoms with Crippen LogP contribution in [0.4, 0.5) is 0 Å². The number of para-hydroxylation sites is 1. The molecule has 33 heavy (non-hydrogen) atoms. The zero-order valence-corrected chi connectivity index (χ0v) is 19.2. The fourth-order valence-corrected chi connectivity index (χ4v) is 5.21. The number of hydrogen-bond donors (Lipinski definition) is 3. The number of nitrogens with zero attached hydrogens (tertiary/aromatic N) is 1. The third-order valence-electron chi connectivity index (χ3n) is 5.41. The molecule has 0 saturated carbocycles. The number of hydrogen-bond acceptors (Lipinski definition) is 7. The van der Waals surface area contributed by atoms with Gasteiger partial charge in [-0.25, -0.2) is 4.79 Å². The molecule has 1 saturated heterocycles. The van der Waals surface area contributed by atoms with E-state index < -0.39 is 35.3 Å². The van der Waals surface area contributed by atoms with Crippen LogP contribution in [0, 0.1) is 0 Å². The second-order valence-electron chi connectivity index (χ2n) is 7.61. The van der Waals surface area contributed by atoms with Gasteiger partial charge in [-0.05, 0) is 31.4 Å². The van der Waals surface area contributed by atoms with E-state index in [2.05, 4.69) is 5.32 Å². The smallest absolute Gasteiger partial charge is 0.327 e. The maximum atomic E-state index is 13.2. The molecule has 0 aliphatic carbocycles. The van der Waals surface area contributed by atoms with E-state index in [-0.39, 0.29) is 24.7 Å². The number of thioether (sulfide) groups is 1. The molecular weight excluding hydrogens is 444 g/mol. The van der Waals surface area contributed by atoms with Gasteiger partial charge in [0.05, 0.1) is 13.2 Å². The Hall–Kier alpha value is -3.04. The molecule has 1 amide bonds. The molecule has 3 N–H and O–H groups in total. The molecule has 3 unspecified atom stereocenters. The van der Waals surface area contributed by atoms with Gasteiger partial charge >= 0.3 is 11.9 Å². The summed E-state index contributed by atoms with van der Waals surface area (Å²) in [7, 11) is 0. The van der Waals surface area contributed by atoms with E-state index in [0.29, 0.717) is 18.4 Å². The van der Waals surface area contributed by atoms with Crippen molar-refractivity contribution < 1.29 is 29.3 Å². The number of nitrogens with one attached hydrogen (secondary N) is 1. The van der Waals surface area contributed by atoms with Crippen molar-refractivity contribution >= 4 is 29.6 Å². The summed E-state index contributed by atoms with van der Waals surface area (Å²) < 4.78 is 5.16. The van der Waals surface area contributed by atoms with Crippen LogP contribution in [0.3, 0.4) is 0 Å². The second-order valence-corrected chi connectivity index (χ2v) is 8.72. The quantitative estimate of drug-likeness (QED) is 0.452. The Kier molecular flexibility index (Phi) is 8.73. The van der Waals surface area contributed by atoms with Gasteiger partial charge in [0, 0.05) is 11.3 Å². The number of ether oxygens (including phenoxy) is 1. The molecule has 9 heteroatoms. The Balaban J connectivity index is 1.72. The first-order valence-electron chi connectivity index (χ1n) is 10.8. The van der Waals surface area contributed by atoms with Crippen molar-refractivity contribution in [2.75, 3.05) is 18.9 Å². The molecule has 0 aromatic heterocycles. The Labute approximate surface area is 196 Å². The normalized spacial score (nSPS) is 18.6. The third kappa shape index (κ3) is 6.27. The summed E-state index contributed by atoms with van der Waals surface area (Å²) in [5, 5.41) is 22.2. The largest absolute Gasteiger partial charge is 0.508 e. The fourth-order valence-electron chi connectivity index (χ4n) is 3.74. The minimum absolute atomic E-state index is 0.000871. The number of carboxylic acid groups (broad SMARTS) is 1. The van der Waals surface area contributed by atoms with Crippen molar-refractivity contribution in [2.24, 2.45) is 0 Å². The topological polar surface area (TPSA) is 116 Å². The maximum absolute atomic E-state index is 13.2. The minimum atomic E-state index is -1.11. The SMILES string of the molecule is CCOC(=O)C(CCc1ccccc1)NCC(=O)N1C(C(=O)O)CSC1c1ccccc1O. The van der Waals surface area contributed by atoms with Crippen LogP contribution in [0.5, 0.6) is 5.75 Å². The van der Waals surface area contributed by atoms with Gasteiger partial charge in [0.1, 0.15) is 23.2 Å². The number of benzene rings is 2. The first-order valence-corrected chi connectivity index (χ1v) is 11.8. The van der Waals surface area contributed by atoms with Crippen molar-refractivity contribution in [1.82, 2.24) is 10.2 Å². The van der Waals surface area contributed by atoms with Crippen LogP contribution < -0.4 is 5.32 Å². The molecule has 1 heterocycles. The molecule has 1 aliphatic heterocycles. The average Bonchev–Trinajstić information content (AvgIpc) is 3.25. The van der Waals surface area contributed by atoms with Gasteiger partial charge in [-0.15, -0.1) is 11.8 Å². The van der Waals surface area contributed by atoms with Crippen molar-refractivity contribution in [3.8, 4) is 5.75 Å². The van der Waals surface area contributed by atoms with Crippen molar-refractivity contribution in [3.05, 3.63) is 65.7 Å². The van der Waals surface area contributed by atoms with Crippen LogP contribution in [0.25, 0.3) is 0 Å². The van der Waals surface area contributed by atoms with Crippen molar-refractivity contribution in [1.29, 1.82) is 0 Å². The first kappa shape index (κ1) is 24.6. The van der Waals surface area contributed by atoms with E-state index in [1.807, 2.05) is 30.3 Å². The van der Waals surface area contributed by atoms with E-state index in [1.54, 1.807) is 25.1 Å². The lowest BCUT2D eigenvalue weighted by molar-refractivity contribution is -0.150. The number of aryl methyl sites for hydroxylation is 1. The predicted molar refractivity (Wildman–Crippen MR) is 125 cm³/mol. The molecule has 1 fully saturated rings. The zero-order chi connectivity index (χ0) is 23.8. The highest BCUT2D eigenvalue weighted by molar-refractivity contribution is 7.99. The lowest BCUT2D eigenvalue weighted by Crippen LogP contribution is -2.49. The number of phenolic OH excluding ortho intramolecular Hbond substituents is 1. The standard InChI is InChI=1S/C24H28N2O6S/c1-2-32-24(31)18(13-12-16-8-4-3-5-9-16)25-14-21(28)26-19(23(29)30)15-33-22(26)17-10-6-7-11-20(17)27/h3-11,18-19,22,25,27H,2,12-15H2,1H3,(H,29,30). The van der Waals surface area contributed by atoms with Crippen LogP contribution in [0.2, 0.25) is 0 Å². The summed E-state index contributed by atoms with van der Waals surface area (Å²) in [5.41, 5.74) is 1.53. The number of carbonyl (C=O) groups is 3. The molecule has 176 valence electrons. The third-order valence-corrected chi connectivity index (χ3v) is 6.72. The van der Waals surface area contributed by atoms with E-state index in [4.69, 9.17) is 4.74 Å². The van der Waals surface area contributed by atoms with Crippen LogP contribution >= 0.6 is 11.8 Å². The Morgan fingerprint density at radius 1 is 1.15 bits per heavy atom. The Morgan fingerprint density at radius 3 is 2.52 bits per heavy atom. The summed E-state index contributed by atoms with van der Waals surface area (Å²) in [5.74, 6) is -1.83. The highest BCUT2D eigenvalue weighted by atomic mass is 32.2. The predicted octanol–water partition coefficient (Wildman–Crippen LogP) is 2.57. The summed E-state index contributed by atoms with van der Waals surface area (Å²) >= 11 is 1.28. The average molecular weight is 473 g/mol. The molecule has 0 radical (unpaired) electrons. The number of rotatable bonds is 10. The van der Waals surface area contributed by atoms with Crippen molar-refractivity contribution in [2.45, 2.75) is 37.2 Å². The second kappa shape index (κ2) is 11.7. The van der Waals surface area contributed by atoms with Crippen molar-refractivity contribution in [3.63, 3.8) is 0 Å². The van der Waals surface area contributed by atoms with Gasteiger partial charge in [-0.2, -0.15) is 0 Å². The number of aliphatic carboxylic acids is 1. The van der Waals surface area contributed by atoms with Gasteiger partial charge in [0.2, 0.25) is 5.91 Å². The molecular formula is C24H28N2O6S. The molecule has 2 aromatic rings. The monoisotopic (exact) mass is 472 g/mol. The molecule has 3 rings (SSSR count). The van der Waals surface area contributed by atoms with E-state index in [9.17, 15) is 24.6 Å². The molecule has 1 aliphatic rings. The van der Waals surface area contributed by atoms with E-state index in [0.717, 1.165) is 5.56 Å². The first-order chi connectivity index (χ1) is 15.9. The molecule has 3 atom stereocenters. The molecule has 2 aromatic carbocycles. The fraction of sp³-hybridized carbons (Fsp3) is 0.375. The van der Waals surface area contributed by atoms with Crippen LogP contribution in [-0.2, 0) is 25.5 Å². The lowest BCUT2D eigenvalue weighted by atomic mass is 10.1. The highest BCUT2D eigenvalue weighted by Crippen LogP contribution is 2.44. The van der Waals surface area contributed by atoms with Crippen LogP contribution in [0.15, 0.2) is 54.6 Å². The summed E-state index contributed by atoms with van der Waals surface area (Å²) in [6.07, 6.45) is 1.04. The maximum Gasteiger partial charge on any atom is 0.327 e. The van der Waals surface area contributed by atoms with E-state index in [1.165, 1.54) is 22.7 Å². The Morgan fingerprint density at radius 2 is 1.85 bits per heavy atom. The Bertz CT molecular complexity index is 970. The minimum Gasteiger partial charge on any atom is -0.508 e. The van der Waals surface area contributed by atoms with Gasteiger partial charge in [-0.3, -0.25) is 14.9 Å². The summed E-state index contributed by atoms with van der Waals surface area (Å²) in [4.78, 5) is 38.7. The van der Waals surface area contributed by atoms with Crippen LogP contribution in [0.1, 0.15) is 29.8 Å². The highest BCUT2D eigenvalue weighted by Gasteiger charge is 2.43. The van der Waals surface area contributed by atoms with Crippen LogP contribution in [-0.4, -0.2) is 63.9 Å². The molecule has 8 nitrogen and oxygen atoms in total. The summed E-state index contributed by atoms with van der Waals surface area (Å²) in [6, 6.07) is 14.5. The van der Waals surface area contributed by atoms with Gasteiger partial charge < -0.3 is 19.8 Å². The lowest BCUT2D eigenvalue weighted by Gasteiger charge is -2.29. The van der Waals surface area contributed by atoms with Gasteiger partial charge in [0.25, 0.3) is 0 Å². The number of phenols is 1. The van der Waals surface area contributed by atoms with E-state index >= 15 is 0 Å². The molecule has 0 bridgehead atoms. The number of carboxylic acids is 1. The number of esters is 1.